The fraction of sp³-hybridized carbons (Fsp3) is 0.500. The Balaban J connectivity index is 1.82. The molecule has 2 heterocycles. The van der Waals surface area contributed by atoms with Crippen LogP contribution in [-0.2, 0) is 9.59 Å². The molecule has 1 saturated heterocycles. The summed E-state index contributed by atoms with van der Waals surface area (Å²) in [6, 6.07) is 5.72. The van der Waals surface area contributed by atoms with Crippen molar-refractivity contribution in [2.45, 2.75) is 31.7 Å². The zero-order chi connectivity index (χ0) is 15.9. The molecule has 2 aliphatic heterocycles. The predicted octanol–water partition coefficient (Wildman–Crippen LogP) is 2.64. The van der Waals surface area contributed by atoms with Crippen LogP contribution in [-0.4, -0.2) is 41.1 Å². The molecule has 1 aromatic rings. The van der Waals surface area contributed by atoms with Gasteiger partial charge in [-0.1, -0.05) is 15.9 Å². The van der Waals surface area contributed by atoms with Crippen LogP contribution in [0.4, 0.5) is 0 Å². The highest BCUT2D eigenvalue weighted by Crippen LogP contribution is 2.38. The van der Waals surface area contributed by atoms with E-state index in [2.05, 4.69) is 15.9 Å². The highest BCUT2D eigenvalue weighted by atomic mass is 79.9. The van der Waals surface area contributed by atoms with E-state index in [1.54, 1.807) is 4.90 Å². The second-order valence-corrected chi connectivity index (χ2v) is 6.91. The number of ether oxygens (including phenoxy) is 1. The standard InChI is InChI=1S/C16H18BrNO4/c1-9-2-3-10(16(20)21)7-18(9)15(19)13-8-22-14-5-4-11(17)6-12(13)14/h4-6,9-10,13H,2-3,7-8H2,1H3,(H,20,21). The Morgan fingerprint density at radius 1 is 1.36 bits per heavy atom. The normalized spacial score (nSPS) is 27.2. The molecule has 0 aliphatic carbocycles. The van der Waals surface area contributed by atoms with Gasteiger partial charge in [0.25, 0.3) is 0 Å². The minimum Gasteiger partial charge on any atom is -0.492 e. The van der Waals surface area contributed by atoms with Crippen molar-refractivity contribution in [1.29, 1.82) is 0 Å². The van der Waals surface area contributed by atoms with Gasteiger partial charge in [0.2, 0.25) is 5.91 Å². The number of aliphatic carboxylic acids is 1. The van der Waals surface area contributed by atoms with Gasteiger partial charge in [-0.2, -0.15) is 0 Å². The molecule has 6 heteroatoms. The summed E-state index contributed by atoms with van der Waals surface area (Å²) in [5, 5.41) is 9.21. The second kappa shape index (κ2) is 5.91. The van der Waals surface area contributed by atoms with Gasteiger partial charge in [0.05, 0.1) is 5.92 Å². The van der Waals surface area contributed by atoms with Crippen LogP contribution in [0, 0.1) is 5.92 Å². The first-order chi connectivity index (χ1) is 10.5. The lowest BCUT2D eigenvalue weighted by Crippen LogP contribution is -2.49. The van der Waals surface area contributed by atoms with Crippen molar-refractivity contribution in [3.8, 4) is 5.75 Å². The molecular formula is C16H18BrNO4. The summed E-state index contributed by atoms with van der Waals surface area (Å²) in [5.74, 6) is -0.932. The van der Waals surface area contributed by atoms with Crippen molar-refractivity contribution in [2.24, 2.45) is 5.92 Å². The number of carbonyl (C=O) groups excluding carboxylic acids is 1. The SMILES string of the molecule is CC1CCC(C(=O)O)CN1C(=O)C1COc2ccc(Br)cc21. The number of carbonyl (C=O) groups is 2. The van der Waals surface area contributed by atoms with Gasteiger partial charge in [0, 0.05) is 22.6 Å². The second-order valence-electron chi connectivity index (χ2n) is 6.00. The van der Waals surface area contributed by atoms with Crippen molar-refractivity contribution < 1.29 is 19.4 Å². The zero-order valence-electron chi connectivity index (χ0n) is 12.3. The Hall–Kier alpha value is -1.56. The van der Waals surface area contributed by atoms with Gasteiger partial charge in [-0.15, -0.1) is 0 Å². The number of hydrogen-bond donors (Lipinski definition) is 1. The monoisotopic (exact) mass is 367 g/mol. The first kappa shape index (κ1) is 15.3. The molecule has 3 atom stereocenters. The molecular weight excluding hydrogens is 350 g/mol. The smallest absolute Gasteiger partial charge is 0.308 e. The van der Waals surface area contributed by atoms with Crippen molar-refractivity contribution in [3.05, 3.63) is 28.2 Å². The van der Waals surface area contributed by atoms with Crippen LogP contribution in [0.2, 0.25) is 0 Å². The van der Waals surface area contributed by atoms with Crippen LogP contribution in [0.15, 0.2) is 22.7 Å². The lowest BCUT2D eigenvalue weighted by molar-refractivity contribution is -0.147. The topological polar surface area (TPSA) is 66.8 Å². The van der Waals surface area contributed by atoms with E-state index in [0.29, 0.717) is 13.0 Å². The molecule has 0 saturated carbocycles. The molecule has 1 N–H and O–H groups in total. The molecule has 1 fully saturated rings. The van der Waals surface area contributed by atoms with Gasteiger partial charge in [-0.05, 0) is 38.0 Å². The molecule has 0 aromatic heterocycles. The van der Waals surface area contributed by atoms with Crippen LogP contribution in [0.25, 0.3) is 0 Å². The van der Waals surface area contributed by atoms with Crippen LogP contribution >= 0.6 is 15.9 Å². The Bertz CT molecular complexity index is 618. The van der Waals surface area contributed by atoms with E-state index >= 15 is 0 Å². The predicted molar refractivity (Wildman–Crippen MR) is 83.9 cm³/mol. The molecule has 1 aromatic carbocycles. The van der Waals surface area contributed by atoms with Crippen molar-refractivity contribution in [1.82, 2.24) is 4.90 Å². The summed E-state index contributed by atoms with van der Waals surface area (Å²) in [7, 11) is 0. The Labute approximate surface area is 137 Å². The number of carboxylic acid groups (broad SMARTS) is 1. The van der Waals surface area contributed by atoms with Crippen molar-refractivity contribution >= 4 is 27.8 Å². The van der Waals surface area contributed by atoms with Gasteiger partial charge in [-0.3, -0.25) is 9.59 Å². The number of amides is 1. The molecule has 2 aliphatic rings. The van der Waals surface area contributed by atoms with E-state index in [-0.39, 0.29) is 24.4 Å². The number of piperidine rings is 1. The fourth-order valence-corrected chi connectivity index (χ4v) is 3.58. The summed E-state index contributed by atoms with van der Waals surface area (Å²) in [4.78, 5) is 25.8. The summed E-state index contributed by atoms with van der Waals surface area (Å²) < 4.78 is 6.51. The number of rotatable bonds is 2. The average molecular weight is 368 g/mol. The van der Waals surface area contributed by atoms with E-state index < -0.39 is 11.9 Å². The lowest BCUT2D eigenvalue weighted by Gasteiger charge is -2.37. The Kier molecular flexibility index (Phi) is 4.12. The quantitative estimate of drug-likeness (QED) is 0.872. The van der Waals surface area contributed by atoms with Crippen LogP contribution in [0.3, 0.4) is 0 Å². The van der Waals surface area contributed by atoms with Gasteiger partial charge in [0.1, 0.15) is 18.3 Å². The zero-order valence-corrected chi connectivity index (χ0v) is 13.9. The highest BCUT2D eigenvalue weighted by molar-refractivity contribution is 9.10. The number of hydrogen-bond acceptors (Lipinski definition) is 3. The Morgan fingerprint density at radius 3 is 2.86 bits per heavy atom. The number of halogens is 1. The average Bonchev–Trinajstić information content (AvgIpc) is 2.89. The largest absolute Gasteiger partial charge is 0.492 e. The van der Waals surface area contributed by atoms with Gasteiger partial charge in [0.15, 0.2) is 0 Å². The fourth-order valence-electron chi connectivity index (χ4n) is 3.21. The van der Waals surface area contributed by atoms with Gasteiger partial charge in [-0.25, -0.2) is 0 Å². The maximum absolute atomic E-state index is 12.9. The van der Waals surface area contributed by atoms with Crippen LogP contribution < -0.4 is 4.74 Å². The van der Waals surface area contributed by atoms with E-state index in [4.69, 9.17) is 4.74 Å². The third-order valence-electron chi connectivity index (χ3n) is 4.57. The van der Waals surface area contributed by atoms with Crippen molar-refractivity contribution in [3.63, 3.8) is 0 Å². The maximum Gasteiger partial charge on any atom is 0.308 e. The summed E-state index contributed by atoms with van der Waals surface area (Å²) in [6.45, 7) is 2.59. The minimum absolute atomic E-state index is 0.0321. The third-order valence-corrected chi connectivity index (χ3v) is 5.06. The molecule has 3 unspecified atom stereocenters. The number of benzene rings is 1. The summed E-state index contributed by atoms with van der Waals surface area (Å²) >= 11 is 3.42. The molecule has 22 heavy (non-hydrogen) atoms. The molecule has 0 spiro atoms. The maximum atomic E-state index is 12.9. The first-order valence-corrected chi connectivity index (χ1v) is 8.22. The number of carboxylic acids is 1. The molecule has 1 amide bonds. The Morgan fingerprint density at radius 2 is 2.14 bits per heavy atom. The van der Waals surface area contributed by atoms with Crippen LogP contribution in [0.1, 0.15) is 31.2 Å². The van der Waals surface area contributed by atoms with Gasteiger partial charge >= 0.3 is 5.97 Å². The molecule has 118 valence electrons. The lowest BCUT2D eigenvalue weighted by atomic mass is 9.91. The van der Waals surface area contributed by atoms with E-state index in [0.717, 1.165) is 22.2 Å². The molecule has 0 bridgehead atoms. The van der Waals surface area contributed by atoms with E-state index in [1.165, 1.54) is 0 Å². The van der Waals surface area contributed by atoms with Crippen molar-refractivity contribution in [2.75, 3.05) is 13.2 Å². The summed E-state index contributed by atoms with van der Waals surface area (Å²) in [5.41, 5.74) is 0.879. The molecule has 0 radical (unpaired) electrons. The minimum atomic E-state index is -0.824. The van der Waals surface area contributed by atoms with Crippen LogP contribution in [0.5, 0.6) is 5.75 Å². The third kappa shape index (κ3) is 2.72. The highest BCUT2D eigenvalue weighted by Gasteiger charge is 2.39. The van der Waals surface area contributed by atoms with E-state index in [9.17, 15) is 14.7 Å². The molecule has 5 nitrogen and oxygen atoms in total. The van der Waals surface area contributed by atoms with E-state index in [1.807, 2.05) is 25.1 Å². The number of likely N-dealkylation sites (tertiary alicyclic amines) is 1. The summed E-state index contributed by atoms with van der Waals surface area (Å²) in [6.07, 6.45) is 1.35. The first-order valence-electron chi connectivity index (χ1n) is 7.43. The number of nitrogens with zero attached hydrogens (tertiary/aromatic N) is 1. The molecule has 3 rings (SSSR count). The number of fused-ring (bicyclic) bond motifs is 1. The van der Waals surface area contributed by atoms with Gasteiger partial charge < -0.3 is 14.7 Å².